The number of ketones is 1. The first-order chi connectivity index (χ1) is 19.8. The minimum Gasteiger partial charge on any atom is -0.489 e. The van der Waals surface area contributed by atoms with Gasteiger partial charge in [0.25, 0.3) is 5.56 Å². The van der Waals surface area contributed by atoms with Crippen LogP contribution in [0.1, 0.15) is 60.4 Å². The molecule has 0 bridgehead atoms. The van der Waals surface area contributed by atoms with E-state index in [9.17, 15) is 9.59 Å². The lowest BCUT2D eigenvalue weighted by Crippen LogP contribution is -2.37. The second-order valence-corrected chi connectivity index (χ2v) is 12.6. The zero-order valence-corrected chi connectivity index (χ0v) is 24.3. The molecule has 4 aromatic rings. The first-order valence-electron chi connectivity index (χ1n) is 13.9. The molecule has 0 radical (unpaired) electrons. The molecule has 1 atom stereocenters. The summed E-state index contributed by atoms with van der Waals surface area (Å²) in [5.74, 6) is 1.52. The van der Waals surface area contributed by atoms with Gasteiger partial charge in [-0.05, 0) is 47.6 Å². The largest absolute Gasteiger partial charge is 0.489 e. The third-order valence-corrected chi connectivity index (χ3v) is 8.60. The maximum absolute atomic E-state index is 13.7. The van der Waals surface area contributed by atoms with Crippen LogP contribution in [-0.4, -0.2) is 15.8 Å². The molecule has 3 aromatic carbocycles. The third-order valence-electron chi connectivity index (χ3n) is 7.66. The fraction of sp³-hybridized carbons (Fsp3) is 0.265. The Labute approximate surface area is 244 Å². The summed E-state index contributed by atoms with van der Waals surface area (Å²) < 4.78 is 5.99. The molecule has 208 valence electrons. The summed E-state index contributed by atoms with van der Waals surface area (Å²) in [5, 5.41) is 3.96. The lowest BCUT2D eigenvalue weighted by molar-refractivity contribution is -0.118. The summed E-state index contributed by atoms with van der Waals surface area (Å²) in [6.45, 7) is 6.74. The molecule has 6 rings (SSSR count). The number of Topliss-reactive ketones (excluding diaryl/α,β-unsaturated/α-hetero) is 1. The molecule has 0 spiro atoms. The van der Waals surface area contributed by atoms with Gasteiger partial charge in [0.2, 0.25) is 0 Å². The zero-order valence-electron chi connectivity index (χ0n) is 23.5. The number of carbonyl (C=O) groups excluding carboxylic acids is 1. The number of rotatable bonds is 7. The molecule has 2 heterocycles. The van der Waals surface area contributed by atoms with Crippen LogP contribution in [-0.2, 0) is 17.2 Å². The van der Waals surface area contributed by atoms with E-state index >= 15 is 0 Å². The van der Waals surface area contributed by atoms with Crippen molar-refractivity contribution in [2.45, 2.75) is 57.0 Å². The summed E-state index contributed by atoms with van der Waals surface area (Å²) in [5.41, 5.74) is 5.93. The Bertz CT molecular complexity index is 1670. The van der Waals surface area contributed by atoms with Gasteiger partial charge in [0.15, 0.2) is 10.9 Å². The summed E-state index contributed by atoms with van der Waals surface area (Å²) in [4.78, 5) is 35.1. The quantitative estimate of drug-likeness (QED) is 0.184. The molecule has 7 heteroatoms. The molecule has 6 nitrogen and oxygen atoms in total. The summed E-state index contributed by atoms with van der Waals surface area (Å²) >= 11 is 1.49. The maximum atomic E-state index is 13.7. The summed E-state index contributed by atoms with van der Waals surface area (Å²) in [7, 11) is 0. The maximum Gasteiger partial charge on any atom is 0.257 e. The van der Waals surface area contributed by atoms with Crippen LogP contribution >= 0.6 is 11.8 Å². The van der Waals surface area contributed by atoms with Gasteiger partial charge in [-0.2, -0.15) is 0 Å². The number of hydrogen-bond donors (Lipinski definition) is 2. The van der Waals surface area contributed by atoms with Crippen LogP contribution in [0.2, 0.25) is 0 Å². The van der Waals surface area contributed by atoms with Gasteiger partial charge in [0.05, 0.1) is 5.56 Å². The minimum atomic E-state index is -0.500. The molecule has 1 aromatic heterocycles. The second kappa shape index (κ2) is 11.1. The van der Waals surface area contributed by atoms with E-state index in [2.05, 4.69) is 55.3 Å². The highest BCUT2D eigenvalue weighted by Crippen LogP contribution is 2.47. The topological polar surface area (TPSA) is 84.1 Å². The van der Waals surface area contributed by atoms with Gasteiger partial charge in [-0.15, -0.1) is 0 Å². The number of hydrogen-bond acceptors (Lipinski definition) is 6. The van der Waals surface area contributed by atoms with Crippen molar-refractivity contribution in [3.05, 3.63) is 128 Å². The first-order valence-corrected chi connectivity index (χ1v) is 14.9. The number of fused-ring (bicyclic) bond motifs is 1. The van der Waals surface area contributed by atoms with Gasteiger partial charge in [0.1, 0.15) is 18.2 Å². The Morgan fingerprint density at radius 1 is 0.927 bits per heavy atom. The Morgan fingerprint density at radius 2 is 1.66 bits per heavy atom. The van der Waals surface area contributed by atoms with Crippen LogP contribution < -0.4 is 15.6 Å². The van der Waals surface area contributed by atoms with Crippen LogP contribution in [0.3, 0.4) is 0 Å². The SMILES string of the molecule is Cc1ccc(CSc2nc3c(c(=O)[nH]2)C(c2ccc(OCc4ccccc4)cc2)C2=C(CC(C)(C)CC2=O)N3)cc1. The number of ether oxygens (including phenoxy) is 1. The Hall–Kier alpha value is -4.10. The van der Waals surface area contributed by atoms with E-state index in [1.54, 1.807) is 0 Å². The number of thioether (sulfide) groups is 1. The lowest BCUT2D eigenvalue weighted by atomic mass is 9.69. The second-order valence-electron chi connectivity index (χ2n) is 11.6. The van der Waals surface area contributed by atoms with Crippen molar-refractivity contribution in [1.29, 1.82) is 0 Å². The van der Waals surface area contributed by atoms with E-state index in [1.165, 1.54) is 17.3 Å². The van der Waals surface area contributed by atoms with E-state index < -0.39 is 5.92 Å². The number of nitrogens with one attached hydrogen (secondary N) is 2. The van der Waals surface area contributed by atoms with Gasteiger partial charge in [-0.1, -0.05) is 97.9 Å². The molecule has 1 aliphatic heterocycles. The number of aromatic nitrogens is 2. The van der Waals surface area contributed by atoms with Crippen molar-refractivity contribution in [2.24, 2.45) is 5.41 Å². The van der Waals surface area contributed by atoms with E-state index in [1.807, 2.05) is 54.6 Å². The Balaban J connectivity index is 1.33. The highest BCUT2D eigenvalue weighted by molar-refractivity contribution is 7.98. The van der Waals surface area contributed by atoms with Gasteiger partial charge >= 0.3 is 0 Å². The van der Waals surface area contributed by atoms with Crippen molar-refractivity contribution < 1.29 is 9.53 Å². The molecule has 0 saturated heterocycles. The number of allylic oxidation sites excluding steroid dienone is 2. The number of aryl methyl sites for hydroxylation is 1. The predicted molar refractivity (Wildman–Crippen MR) is 163 cm³/mol. The lowest BCUT2D eigenvalue weighted by Gasteiger charge is -2.38. The van der Waals surface area contributed by atoms with Crippen LogP contribution in [0, 0.1) is 12.3 Å². The van der Waals surface area contributed by atoms with Crippen molar-refractivity contribution in [3.8, 4) is 5.75 Å². The number of benzene rings is 3. The molecule has 41 heavy (non-hydrogen) atoms. The number of anilines is 1. The van der Waals surface area contributed by atoms with Crippen LogP contribution in [0.25, 0.3) is 0 Å². The third kappa shape index (κ3) is 5.86. The molecule has 2 N–H and O–H groups in total. The summed E-state index contributed by atoms with van der Waals surface area (Å²) in [6, 6.07) is 26.1. The smallest absolute Gasteiger partial charge is 0.257 e. The number of carbonyl (C=O) groups is 1. The normalized spacial score (nSPS) is 17.4. The molecule has 2 aliphatic rings. The van der Waals surface area contributed by atoms with Gasteiger partial charge in [-0.3, -0.25) is 9.59 Å². The monoisotopic (exact) mass is 563 g/mol. The van der Waals surface area contributed by atoms with Crippen LogP contribution in [0.5, 0.6) is 5.75 Å². The minimum absolute atomic E-state index is 0.0704. The average Bonchev–Trinajstić information content (AvgIpc) is 2.95. The highest BCUT2D eigenvalue weighted by atomic mass is 32.2. The van der Waals surface area contributed by atoms with Crippen molar-refractivity contribution >= 4 is 23.4 Å². The fourth-order valence-corrected chi connectivity index (χ4v) is 6.44. The van der Waals surface area contributed by atoms with Gasteiger partial charge in [-0.25, -0.2) is 4.98 Å². The standard InChI is InChI=1S/C34H33N3O3S/c1-21-9-11-23(12-10-21)20-41-33-36-31-30(32(39)37-33)28(29-26(35-31)17-34(2,3)18-27(29)38)24-13-15-25(16-14-24)40-19-22-7-5-4-6-8-22/h4-16,28H,17-20H2,1-3H3,(H2,35,36,37,39). The summed E-state index contributed by atoms with van der Waals surface area (Å²) in [6.07, 6.45) is 1.15. The molecule has 0 saturated carbocycles. The highest BCUT2D eigenvalue weighted by Gasteiger charge is 2.42. The molecule has 0 amide bonds. The first kappa shape index (κ1) is 27.1. The predicted octanol–water partition coefficient (Wildman–Crippen LogP) is 7.15. The van der Waals surface area contributed by atoms with Crippen molar-refractivity contribution in [3.63, 3.8) is 0 Å². The molecule has 1 aliphatic carbocycles. The van der Waals surface area contributed by atoms with Gasteiger partial charge in [0, 0.05) is 29.4 Å². The van der Waals surface area contributed by atoms with E-state index in [0.29, 0.717) is 47.3 Å². The van der Waals surface area contributed by atoms with E-state index in [-0.39, 0.29) is 16.8 Å². The molecular formula is C34H33N3O3S. The number of aromatic amines is 1. The molecule has 0 fully saturated rings. The number of H-pyrrole nitrogens is 1. The van der Waals surface area contributed by atoms with E-state index in [0.717, 1.165) is 28.1 Å². The Morgan fingerprint density at radius 3 is 2.39 bits per heavy atom. The molecular weight excluding hydrogens is 530 g/mol. The van der Waals surface area contributed by atoms with Crippen LogP contribution in [0.4, 0.5) is 5.82 Å². The zero-order chi connectivity index (χ0) is 28.6. The number of nitrogens with zero attached hydrogens (tertiary/aromatic N) is 1. The Kier molecular flexibility index (Phi) is 7.30. The molecule has 1 unspecified atom stereocenters. The van der Waals surface area contributed by atoms with Gasteiger partial charge < -0.3 is 15.0 Å². The van der Waals surface area contributed by atoms with E-state index in [4.69, 9.17) is 9.72 Å². The average molecular weight is 564 g/mol. The van der Waals surface area contributed by atoms with Crippen molar-refractivity contribution in [1.82, 2.24) is 9.97 Å². The van der Waals surface area contributed by atoms with Crippen molar-refractivity contribution in [2.75, 3.05) is 5.32 Å². The van der Waals surface area contributed by atoms with Crippen LogP contribution in [0.15, 0.2) is 100 Å². The fourth-order valence-electron chi connectivity index (χ4n) is 5.63.